The molecule has 0 spiro atoms. The van der Waals surface area contributed by atoms with Gasteiger partial charge in [0.25, 0.3) is 5.56 Å². The lowest BCUT2D eigenvalue weighted by Crippen LogP contribution is -2.27. The molecule has 0 atom stereocenters. The second-order valence-corrected chi connectivity index (χ2v) is 6.62. The number of hydrogen-bond donors (Lipinski definition) is 1. The summed E-state index contributed by atoms with van der Waals surface area (Å²) >= 11 is 3.48. The minimum Gasteiger partial charge on any atom is -0.495 e. The van der Waals surface area contributed by atoms with Crippen LogP contribution in [0.2, 0.25) is 0 Å². The van der Waals surface area contributed by atoms with Crippen molar-refractivity contribution in [2.24, 2.45) is 0 Å². The first-order chi connectivity index (χ1) is 10.3. The maximum Gasteiger partial charge on any atom is 0.333 e. The Bertz CT molecular complexity index is 867. The van der Waals surface area contributed by atoms with Gasteiger partial charge in [0.15, 0.2) is 5.75 Å². The number of aromatic amines is 1. The zero-order chi connectivity index (χ0) is 16.1. The van der Waals surface area contributed by atoms with Crippen LogP contribution in [0.5, 0.6) is 11.5 Å². The molecule has 116 valence electrons. The number of aromatic nitrogens is 2. The maximum atomic E-state index is 12.1. The summed E-state index contributed by atoms with van der Waals surface area (Å²) in [7, 11) is 1.60. The van der Waals surface area contributed by atoms with Crippen LogP contribution in [0, 0.1) is 0 Å². The van der Waals surface area contributed by atoms with E-state index in [1.165, 1.54) is 16.8 Å². The van der Waals surface area contributed by atoms with Gasteiger partial charge >= 0.3 is 5.69 Å². The summed E-state index contributed by atoms with van der Waals surface area (Å²) in [5.74, 6) is 1.29. The molecule has 1 N–H and O–H groups in total. The minimum absolute atomic E-state index is 0.245. The minimum atomic E-state index is -0.514. The molecule has 0 saturated heterocycles. The van der Waals surface area contributed by atoms with Crippen molar-refractivity contribution in [2.45, 2.75) is 19.3 Å². The topological polar surface area (TPSA) is 73.3 Å². The molecule has 1 aromatic carbocycles. The number of ether oxygens (including phenoxy) is 2. The van der Waals surface area contributed by atoms with Gasteiger partial charge in [-0.05, 0) is 22.0 Å². The van der Waals surface area contributed by atoms with E-state index in [-0.39, 0.29) is 5.41 Å². The molecule has 1 aliphatic heterocycles. The van der Waals surface area contributed by atoms with Gasteiger partial charge in [0, 0.05) is 23.2 Å². The van der Waals surface area contributed by atoms with E-state index in [1.807, 2.05) is 13.8 Å². The highest BCUT2D eigenvalue weighted by molar-refractivity contribution is 9.10. The van der Waals surface area contributed by atoms with Crippen molar-refractivity contribution in [2.75, 3.05) is 13.7 Å². The Labute approximate surface area is 134 Å². The quantitative estimate of drug-likeness (QED) is 0.881. The van der Waals surface area contributed by atoms with Crippen molar-refractivity contribution < 1.29 is 9.47 Å². The Balaban J connectivity index is 2.36. The van der Waals surface area contributed by atoms with Crippen molar-refractivity contribution in [1.29, 1.82) is 0 Å². The number of benzene rings is 1. The molecular weight excluding hydrogens is 352 g/mol. The zero-order valence-electron chi connectivity index (χ0n) is 12.4. The maximum absolute atomic E-state index is 12.1. The monoisotopic (exact) mass is 366 g/mol. The number of hydrogen-bond acceptors (Lipinski definition) is 4. The molecule has 2 heterocycles. The van der Waals surface area contributed by atoms with E-state index in [1.54, 1.807) is 13.2 Å². The molecule has 0 radical (unpaired) electrons. The fourth-order valence-corrected chi connectivity index (χ4v) is 3.25. The largest absolute Gasteiger partial charge is 0.495 e. The first-order valence-electron chi connectivity index (χ1n) is 6.71. The van der Waals surface area contributed by atoms with Crippen molar-refractivity contribution in [3.63, 3.8) is 0 Å². The van der Waals surface area contributed by atoms with Crippen LogP contribution in [-0.2, 0) is 5.41 Å². The predicted molar refractivity (Wildman–Crippen MR) is 85.4 cm³/mol. The van der Waals surface area contributed by atoms with Crippen LogP contribution in [-0.4, -0.2) is 23.3 Å². The smallest absolute Gasteiger partial charge is 0.333 e. The standard InChI is InChI=1S/C15H15BrN2O4/c1-15(2)7-22-13-9(6-8(16)12(21-3)11(13)15)18-5-4-10(19)17-14(18)20/h4-6H,7H2,1-3H3,(H,17,19,20). The average molecular weight is 367 g/mol. The van der Waals surface area contributed by atoms with E-state index >= 15 is 0 Å². The molecule has 3 rings (SSSR count). The van der Waals surface area contributed by atoms with Gasteiger partial charge in [-0.25, -0.2) is 4.79 Å². The molecule has 0 bridgehead atoms. The number of nitrogens with one attached hydrogen (secondary N) is 1. The lowest BCUT2D eigenvalue weighted by atomic mass is 9.86. The van der Waals surface area contributed by atoms with Crippen LogP contribution in [0.3, 0.4) is 0 Å². The third-order valence-corrected chi connectivity index (χ3v) is 4.30. The number of fused-ring (bicyclic) bond motifs is 1. The molecule has 0 saturated carbocycles. The number of nitrogens with zero attached hydrogens (tertiary/aromatic N) is 1. The van der Waals surface area contributed by atoms with Crippen LogP contribution in [0.25, 0.3) is 5.69 Å². The third-order valence-electron chi connectivity index (χ3n) is 3.71. The Hall–Kier alpha value is -2.02. The lowest BCUT2D eigenvalue weighted by Gasteiger charge is -2.20. The van der Waals surface area contributed by atoms with Gasteiger partial charge < -0.3 is 9.47 Å². The predicted octanol–water partition coefficient (Wildman–Crippen LogP) is 1.97. The Morgan fingerprint density at radius 2 is 2.14 bits per heavy atom. The molecule has 1 aromatic heterocycles. The zero-order valence-corrected chi connectivity index (χ0v) is 14.0. The van der Waals surface area contributed by atoms with Gasteiger partial charge in [0.2, 0.25) is 0 Å². The van der Waals surface area contributed by atoms with Gasteiger partial charge in [-0.1, -0.05) is 13.8 Å². The molecular formula is C15H15BrN2O4. The molecule has 0 unspecified atom stereocenters. The van der Waals surface area contributed by atoms with E-state index < -0.39 is 11.2 Å². The van der Waals surface area contributed by atoms with E-state index in [4.69, 9.17) is 9.47 Å². The van der Waals surface area contributed by atoms with Gasteiger partial charge in [-0.3, -0.25) is 14.3 Å². The second-order valence-electron chi connectivity index (χ2n) is 5.77. The lowest BCUT2D eigenvalue weighted by molar-refractivity contribution is 0.289. The first-order valence-corrected chi connectivity index (χ1v) is 7.50. The number of H-pyrrole nitrogens is 1. The number of methoxy groups -OCH3 is 1. The Kier molecular flexibility index (Phi) is 3.40. The second kappa shape index (κ2) is 5.01. The molecule has 1 aliphatic rings. The van der Waals surface area contributed by atoms with E-state index in [0.717, 1.165) is 10.0 Å². The van der Waals surface area contributed by atoms with Crippen LogP contribution < -0.4 is 20.7 Å². The van der Waals surface area contributed by atoms with Crippen molar-refractivity contribution in [3.8, 4) is 17.2 Å². The van der Waals surface area contributed by atoms with Crippen LogP contribution in [0.15, 0.2) is 32.4 Å². The van der Waals surface area contributed by atoms with E-state index in [0.29, 0.717) is 23.8 Å². The van der Waals surface area contributed by atoms with Gasteiger partial charge in [0.1, 0.15) is 5.75 Å². The van der Waals surface area contributed by atoms with Crippen LogP contribution in [0.4, 0.5) is 0 Å². The molecule has 0 fully saturated rings. The molecule has 22 heavy (non-hydrogen) atoms. The summed E-state index contributed by atoms with van der Waals surface area (Å²) in [6, 6.07) is 3.05. The van der Waals surface area contributed by atoms with Gasteiger partial charge in [-0.15, -0.1) is 0 Å². The fourth-order valence-electron chi connectivity index (χ4n) is 2.67. The average Bonchev–Trinajstić information content (AvgIpc) is 2.75. The summed E-state index contributed by atoms with van der Waals surface area (Å²) in [6.45, 7) is 4.58. The van der Waals surface area contributed by atoms with Crippen LogP contribution in [0.1, 0.15) is 19.4 Å². The summed E-state index contributed by atoms with van der Waals surface area (Å²) in [5.41, 5.74) is 0.268. The van der Waals surface area contributed by atoms with Crippen molar-refractivity contribution in [3.05, 3.63) is 49.2 Å². The summed E-state index contributed by atoms with van der Waals surface area (Å²) in [5, 5.41) is 0. The fraction of sp³-hybridized carbons (Fsp3) is 0.333. The SMILES string of the molecule is COc1c(Br)cc(-n2ccc(=O)[nH]c2=O)c2c1C(C)(C)CO2. The Morgan fingerprint density at radius 3 is 2.77 bits per heavy atom. The van der Waals surface area contributed by atoms with Crippen LogP contribution >= 0.6 is 15.9 Å². The molecule has 6 nitrogen and oxygen atoms in total. The van der Waals surface area contributed by atoms with Gasteiger partial charge in [-0.2, -0.15) is 0 Å². The van der Waals surface area contributed by atoms with Gasteiger partial charge in [0.05, 0.1) is 23.9 Å². The Morgan fingerprint density at radius 1 is 1.41 bits per heavy atom. The molecule has 0 aliphatic carbocycles. The third kappa shape index (κ3) is 2.16. The molecule has 0 amide bonds. The highest BCUT2D eigenvalue weighted by atomic mass is 79.9. The van der Waals surface area contributed by atoms with Crippen molar-refractivity contribution in [1.82, 2.24) is 9.55 Å². The number of rotatable bonds is 2. The summed E-state index contributed by atoms with van der Waals surface area (Å²) in [4.78, 5) is 25.6. The molecule has 2 aromatic rings. The van der Waals surface area contributed by atoms with Crippen molar-refractivity contribution >= 4 is 15.9 Å². The molecule has 7 heteroatoms. The summed E-state index contributed by atoms with van der Waals surface area (Å²) in [6.07, 6.45) is 1.43. The summed E-state index contributed by atoms with van der Waals surface area (Å²) < 4.78 is 13.4. The first kappa shape index (κ1) is 14.9. The highest BCUT2D eigenvalue weighted by Crippen LogP contribution is 2.50. The van der Waals surface area contributed by atoms with E-state index in [9.17, 15) is 9.59 Å². The normalized spacial score (nSPS) is 15.3. The highest BCUT2D eigenvalue weighted by Gasteiger charge is 2.38. The van der Waals surface area contributed by atoms with E-state index in [2.05, 4.69) is 20.9 Å². The number of halogens is 1.